The molecule has 1 aliphatic heterocycles. The summed E-state index contributed by atoms with van der Waals surface area (Å²) in [5.74, 6) is 1.45. The molecule has 6 nitrogen and oxygen atoms in total. The van der Waals surface area contributed by atoms with Crippen molar-refractivity contribution in [1.82, 2.24) is 4.98 Å². The zero-order chi connectivity index (χ0) is 19.7. The fourth-order valence-electron chi connectivity index (χ4n) is 3.41. The molecule has 0 atom stereocenters. The van der Waals surface area contributed by atoms with Gasteiger partial charge in [-0.15, -0.1) is 0 Å². The summed E-state index contributed by atoms with van der Waals surface area (Å²) in [6.45, 7) is 2.67. The second-order valence-electron chi connectivity index (χ2n) is 6.67. The third-order valence-electron chi connectivity index (χ3n) is 4.84. The lowest BCUT2D eigenvalue weighted by atomic mass is 10.2. The highest BCUT2D eigenvalue weighted by Crippen LogP contribution is 2.33. The Kier molecular flexibility index (Phi) is 4.68. The van der Waals surface area contributed by atoms with E-state index in [2.05, 4.69) is 26.7 Å². The summed E-state index contributed by atoms with van der Waals surface area (Å²) in [5.41, 5.74) is 3.62. The second-order valence-corrected chi connectivity index (χ2v) is 8.35. The molecule has 2 aromatic carbocycles. The monoisotopic (exact) mass is 395 g/mol. The number of sulfonamides is 1. The minimum Gasteiger partial charge on any atom is -0.496 e. The molecule has 0 bridgehead atoms. The van der Waals surface area contributed by atoms with Gasteiger partial charge in [0.2, 0.25) is 0 Å². The molecule has 4 rings (SSSR count). The predicted octanol–water partition coefficient (Wildman–Crippen LogP) is 3.89. The maximum absolute atomic E-state index is 12.7. The third-order valence-corrected chi connectivity index (χ3v) is 6.22. The molecule has 3 aromatic rings. The van der Waals surface area contributed by atoms with Crippen molar-refractivity contribution in [3.63, 3.8) is 0 Å². The van der Waals surface area contributed by atoms with Crippen LogP contribution in [-0.4, -0.2) is 27.1 Å². The van der Waals surface area contributed by atoms with Crippen LogP contribution in [0.25, 0.3) is 0 Å². The SMILES string of the molecule is COc1ccc(S(=O)(=O)Nc2ccc(N3CCc4ccccc43)nc2)cc1C. The molecule has 0 radical (unpaired) electrons. The summed E-state index contributed by atoms with van der Waals surface area (Å²) in [4.78, 5) is 6.78. The molecule has 0 amide bonds. The first-order chi connectivity index (χ1) is 13.5. The second kappa shape index (κ2) is 7.16. The Morgan fingerprint density at radius 3 is 2.64 bits per heavy atom. The molecule has 0 aliphatic carbocycles. The van der Waals surface area contributed by atoms with Crippen molar-refractivity contribution in [2.24, 2.45) is 0 Å². The lowest BCUT2D eigenvalue weighted by Crippen LogP contribution is -2.16. The highest BCUT2D eigenvalue weighted by Gasteiger charge is 2.21. The molecule has 0 fully saturated rings. The quantitative estimate of drug-likeness (QED) is 0.710. The molecule has 7 heteroatoms. The molecule has 28 heavy (non-hydrogen) atoms. The highest BCUT2D eigenvalue weighted by molar-refractivity contribution is 7.92. The first kappa shape index (κ1) is 18.3. The molecule has 0 unspecified atom stereocenters. The molecular formula is C21H21N3O3S. The van der Waals surface area contributed by atoms with Crippen molar-refractivity contribution in [2.75, 3.05) is 23.3 Å². The van der Waals surface area contributed by atoms with Gasteiger partial charge in [-0.1, -0.05) is 18.2 Å². The lowest BCUT2D eigenvalue weighted by molar-refractivity contribution is 0.411. The third kappa shape index (κ3) is 3.41. The van der Waals surface area contributed by atoms with Crippen LogP contribution < -0.4 is 14.4 Å². The first-order valence-electron chi connectivity index (χ1n) is 8.97. The molecule has 0 saturated heterocycles. The summed E-state index contributed by atoms with van der Waals surface area (Å²) >= 11 is 0. The van der Waals surface area contributed by atoms with Gasteiger partial charge >= 0.3 is 0 Å². The van der Waals surface area contributed by atoms with E-state index in [4.69, 9.17) is 4.74 Å². The van der Waals surface area contributed by atoms with Crippen LogP contribution in [0, 0.1) is 6.92 Å². The molecular weight excluding hydrogens is 374 g/mol. The number of aromatic nitrogens is 1. The Morgan fingerprint density at radius 2 is 1.93 bits per heavy atom. The fraction of sp³-hybridized carbons (Fsp3) is 0.190. The van der Waals surface area contributed by atoms with Crippen molar-refractivity contribution >= 4 is 27.2 Å². The number of para-hydroxylation sites is 1. The molecule has 0 spiro atoms. The number of hydrogen-bond acceptors (Lipinski definition) is 5. The smallest absolute Gasteiger partial charge is 0.261 e. The Balaban J connectivity index is 1.54. The van der Waals surface area contributed by atoms with Crippen molar-refractivity contribution in [2.45, 2.75) is 18.2 Å². The van der Waals surface area contributed by atoms with Crippen LogP contribution in [0.4, 0.5) is 17.2 Å². The van der Waals surface area contributed by atoms with Crippen molar-refractivity contribution in [3.05, 3.63) is 71.9 Å². The summed E-state index contributed by atoms with van der Waals surface area (Å²) in [5, 5.41) is 0. The minimum absolute atomic E-state index is 0.184. The average Bonchev–Trinajstić information content (AvgIpc) is 3.12. The minimum atomic E-state index is -3.70. The first-order valence-corrected chi connectivity index (χ1v) is 10.5. The fourth-order valence-corrected chi connectivity index (χ4v) is 4.54. The van der Waals surface area contributed by atoms with Crippen LogP contribution >= 0.6 is 0 Å². The Bertz CT molecular complexity index is 1110. The van der Waals surface area contributed by atoms with Gasteiger partial charge < -0.3 is 9.64 Å². The normalized spacial score (nSPS) is 13.3. The van der Waals surface area contributed by atoms with Gasteiger partial charge in [0.1, 0.15) is 11.6 Å². The van der Waals surface area contributed by atoms with Gasteiger partial charge in [0.05, 0.1) is 23.9 Å². The van der Waals surface area contributed by atoms with E-state index in [1.807, 2.05) is 25.1 Å². The van der Waals surface area contributed by atoms with Crippen LogP contribution in [0.1, 0.15) is 11.1 Å². The average molecular weight is 395 g/mol. The van der Waals surface area contributed by atoms with E-state index in [1.54, 1.807) is 31.5 Å². The number of pyridine rings is 1. The molecule has 1 aromatic heterocycles. The van der Waals surface area contributed by atoms with Crippen LogP contribution in [0.5, 0.6) is 5.75 Å². The van der Waals surface area contributed by atoms with E-state index in [0.29, 0.717) is 11.4 Å². The van der Waals surface area contributed by atoms with E-state index in [0.717, 1.165) is 30.0 Å². The zero-order valence-electron chi connectivity index (χ0n) is 15.7. The van der Waals surface area contributed by atoms with Crippen molar-refractivity contribution < 1.29 is 13.2 Å². The number of nitrogens with one attached hydrogen (secondary N) is 1. The standard InChI is InChI=1S/C21H21N3O3S/c1-15-13-18(8-9-20(15)27-2)28(25,26)23-17-7-10-21(22-14-17)24-12-11-16-5-3-4-6-19(16)24/h3-10,13-14,23H,11-12H2,1-2H3. The van der Waals surface area contributed by atoms with Gasteiger partial charge in [0.25, 0.3) is 10.0 Å². The topological polar surface area (TPSA) is 71.5 Å². The maximum atomic E-state index is 12.7. The predicted molar refractivity (Wildman–Crippen MR) is 110 cm³/mol. The van der Waals surface area contributed by atoms with Crippen LogP contribution in [-0.2, 0) is 16.4 Å². The van der Waals surface area contributed by atoms with Crippen LogP contribution in [0.15, 0.2) is 65.7 Å². The Labute approximate surface area is 164 Å². The van der Waals surface area contributed by atoms with Crippen LogP contribution in [0.2, 0.25) is 0 Å². The number of methoxy groups -OCH3 is 1. The number of rotatable bonds is 5. The van der Waals surface area contributed by atoms with E-state index < -0.39 is 10.0 Å². The Hall–Kier alpha value is -3.06. The highest BCUT2D eigenvalue weighted by atomic mass is 32.2. The number of anilines is 3. The Morgan fingerprint density at radius 1 is 1.11 bits per heavy atom. The van der Waals surface area contributed by atoms with E-state index in [1.165, 1.54) is 11.6 Å². The summed E-state index contributed by atoms with van der Waals surface area (Å²) in [6, 6.07) is 16.6. The van der Waals surface area contributed by atoms with Crippen LogP contribution in [0.3, 0.4) is 0 Å². The number of aryl methyl sites for hydroxylation is 1. The summed E-state index contributed by atoms with van der Waals surface area (Å²) < 4.78 is 33.1. The molecule has 2 heterocycles. The number of fused-ring (bicyclic) bond motifs is 1. The molecule has 1 N–H and O–H groups in total. The van der Waals surface area contributed by atoms with Gasteiger partial charge in [-0.05, 0) is 60.9 Å². The number of hydrogen-bond donors (Lipinski definition) is 1. The number of nitrogens with zero attached hydrogens (tertiary/aromatic N) is 2. The van der Waals surface area contributed by atoms with Gasteiger partial charge in [-0.3, -0.25) is 4.72 Å². The zero-order valence-corrected chi connectivity index (χ0v) is 16.5. The van der Waals surface area contributed by atoms with E-state index in [9.17, 15) is 8.42 Å². The van der Waals surface area contributed by atoms with Gasteiger partial charge in [0.15, 0.2) is 0 Å². The van der Waals surface area contributed by atoms with E-state index >= 15 is 0 Å². The molecule has 1 aliphatic rings. The summed E-state index contributed by atoms with van der Waals surface area (Å²) in [7, 11) is -2.14. The molecule has 0 saturated carbocycles. The van der Waals surface area contributed by atoms with Gasteiger partial charge in [-0.25, -0.2) is 13.4 Å². The van der Waals surface area contributed by atoms with Gasteiger partial charge in [-0.2, -0.15) is 0 Å². The van der Waals surface area contributed by atoms with E-state index in [-0.39, 0.29) is 4.90 Å². The maximum Gasteiger partial charge on any atom is 0.261 e. The largest absolute Gasteiger partial charge is 0.496 e. The van der Waals surface area contributed by atoms with Gasteiger partial charge in [0, 0.05) is 12.2 Å². The number of ether oxygens (including phenoxy) is 1. The number of benzene rings is 2. The lowest BCUT2D eigenvalue weighted by Gasteiger charge is -2.18. The van der Waals surface area contributed by atoms with Crippen molar-refractivity contribution in [1.29, 1.82) is 0 Å². The molecule has 144 valence electrons. The summed E-state index contributed by atoms with van der Waals surface area (Å²) in [6.07, 6.45) is 2.52. The van der Waals surface area contributed by atoms with Crippen molar-refractivity contribution in [3.8, 4) is 5.75 Å².